The van der Waals surface area contributed by atoms with Gasteiger partial charge in [0, 0.05) is 21.2 Å². The summed E-state index contributed by atoms with van der Waals surface area (Å²) in [6, 6.07) is 14.7. The monoisotopic (exact) mass is 418 g/mol. The first kappa shape index (κ1) is 20.2. The predicted molar refractivity (Wildman–Crippen MR) is 108 cm³/mol. The van der Waals surface area contributed by atoms with Crippen molar-refractivity contribution in [2.24, 2.45) is 0 Å². The number of nitrogens with zero attached hydrogens (tertiary/aromatic N) is 2. The minimum absolute atomic E-state index is 0.254. The van der Waals surface area contributed by atoms with E-state index in [1.54, 1.807) is 37.9 Å². The molecular weight excluding hydrogens is 400 g/mol. The molecule has 0 spiro atoms. The van der Waals surface area contributed by atoms with Crippen LogP contribution in [-0.2, 0) is 9.53 Å². The van der Waals surface area contributed by atoms with Crippen LogP contribution in [0.5, 0.6) is 5.75 Å². The van der Waals surface area contributed by atoms with Gasteiger partial charge in [-0.15, -0.1) is 22.0 Å². The smallest absolute Gasteiger partial charge is 0.307 e. The number of aromatic nitrogens is 2. The van der Waals surface area contributed by atoms with E-state index in [0.29, 0.717) is 16.7 Å². The summed E-state index contributed by atoms with van der Waals surface area (Å²) in [5, 5.41) is 8.68. The van der Waals surface area contributed by atoms with Gasteiger partial charge in [0.2, 0.25) is 5.89 Å². The van der Waals surface area contributed by atoms with E-state index < -0.39 is 6.10 Å². The maximum atomic E-state index is 12.1. The van der Waals surface area contributed by atoms with Gasteiger partial charge in [-0.1, -0.05) is 11.6 Å². The van der Waals surface area contributed by atoms with Crippen LogP contribution < -0.4 is 4.74 Å². The van der Waals surface area contributed by atoms with Crippen molar-refractivity contribution in [3.63, 3.8) is 0 Å². The van der Waals surface area contributed by atoms with Crippen LogP contribution in [0.4, 0.5) is 0 Å². The van der Waals surface area contributed by atoms with Gasteiger partial charge < -0.3 is 13.9 Å². The SMILES string of the molecule is COc1ccc(-c2nnc([C@@H](C)OC(=O)CCSc3ccc(Cl)cc3)o2)cc1. The molecule has 0 bridgehead atoms. The first-order valence-electron chi connectivity index (χ1n) is 8.61. The van der Waals surface area contributed by atoms with Crippen molar-refractivity contribution in [3.8, 4) is 17.2 Å². The summed E-state index contributed by atoms with van der Waals surface area (Å²) in [6.07, 6.45) is -0.343. The number of ether oxygens (including phenoxy) is 2. The fraction of sp³-hybridized carbons (Fsp3) is 0.250. The number of carbonyl (C=O) groups excluding carboxylic acids is 1. The molecule has 3 rings (SSSR count). The van der Waals surface area contributed by atoms with Gasteiger partial charge in [0.05, 0.1) is 13.5 Å². The minimum atomic E-state index is -0.618. The molecule has 0 amide bonds. The van der Waals surface area contributed by atoms with Crippen molar-refractivity contribution >= 4 is 29.3 Å². The third-order valence-corrected chi connectivity index (χ3v) is 5.09. The maximum Gasteiger partial charge on any atom is 0.307 e. The lowest BCUT2D eigenvalue weighted by Gasteiger charge is -2.09. The minimum Gasteiger partial charge on any atom is -0.497 e. The number of hydrogen-bond donors (Lipinski definition) is 0. The molecule has 3 aromatic rings. The highest BCUT2D eigenvalue weighted by molar-refractivity contribution is 7.99. The highest BCUT2D eigenvalue weighted by atomic mass is 35.5. The quantitative estimate of drug-likeness (QED) is 0.368. The van der Waals surface area contributed by atoms with Gasteiger partial charge in [-0.2, -0.15) is 0 Å². The first-order chi connectivity index (χ1) is 13.5. The van der Waals surface area contributed by atoms with E-state index in [0.717, 1.165) is 16.2 Å². The van der Waals surface area contributed by atoms with Crippen LogP contribution in [0, 0.1) is 0 Å². The second-order valence-electron chi connectivity index (χ2n) is 5.86. The summed E-state index contributed by atoms with van der Waals surface area (Å²) in [5.74, 6) is 1.64. The molecule has 8 heteroatoms. The molecule has 146 valence electrons. The summed E-state index contributed by atoms with van der Waals surface area (Å²) >= 11 is 7.42. The molecule has 2 aromatic carbocycles. The Hall–Kier alpha value is -2.51. The number of methoxy groups -OCH3 is 1. The first-order valence-corrected chi connectivity index (χ1v) is 9.97. The van der Waals surface area contributed by atoms with E-state index in [1.807, 2.05) is 36.4 Å². The van der Waals surface area contributed by atoms with E-state index in [1.165, 1.54) is 0 Å². The maximum absolute atomic E-state index is 12.1. The molecule has 1 aromatic heterocycles. The molecule has 0 N–H and O–H groups in total. The Balaban J connectivity index is 1.49. The Labute approximate surface area is 172 Å². The van der Waals surface area contributed by atoms with E-state index in [9.17, 15) is 4.79 Å². The standard InChI is InChI=1S/C20H19ClN2O4S/c1-13(26-18(24)11-12-28-17-9-5-15(21)6-10-17)19-22-23-20(27-19)14-3-7-16(25-2)8-4-14/h3-10,13H,11-12H2,1-2H3/t13-/m1/s1. The molecule has 0 aliphatic rings. The zero-order valence-corrected chi connectivity index (χ0v) is 17.0. The fourth-order valence-corrected chi connectivity index (χ4v) is 3.30. The lowest BCUT2D eigenvalue weighted by atomic mass is 10.2. The molecule has 6 nitrogen and oxygen atoms in total. The molecule has 28 heavy (non-hydrogen) atoms. The van der Waals surface area contributed by atoms with Crippen molar-refractivity contribution in [1.29, 1.82) is 0 Å². The van der Waals surface area contributed by atoms with Gasteiger partial charge >= 0.3 is 5.97 Å². The number of thioether (sulfide) groups is 1. The third-order valence-electron chi connectivity index (χ3n) is 3.82. The van der Waals surface area contributed by atoms with Crippen LogP contribution in [0.3, 0.4) is 0 Å². The average molecular weight is 419 g/mol. The molecular formula is C20H19ClN2O4S. The molecule has 0 saturated heterocycles. The molecule has 1 atom stereocenters. The van der Waals surface area contributed by atoms with E-state index in [-0.39, 0.29) is 18.3 Å². The largest absolute Gasteiger partial charge is 0.497 e. The lowest BCUT2D eigenvalue weighted by molar-refractivity contribution is -0.149. The van der Waals surface area contributed by atoms with Gasteiger partial charge in [-0.05, 0) is 55.5 Å². The zero-order valence-electron chi connectivity index (χ0n) is 15.4. The highest BCUT2D eigenvalue weighted by Gasteiger charge is 2.19. The number of esters is 1. The van der Waals surface area contributed by atoms with Gasteiger partial charge in [-0.3, -0.25) is 4.79 Å². The van der Waals surface area contributed by atoms with Crippen molar-refractivity contribution in [3.05, 3.63) is 59.4 Å². The lowest BCUT2D eigenvalue weighted by Crippen LogP contribution is -2.09. The molecule has 0 radical (unpaired) electrons. The van der Waals surface area contributed by atoms with Crippen LogP contribution in [0.15, 0.2) is 57.8 Å². The van der Waals surface area contributed by atoms with Crippen LogP contribution >= 0.6 is 23.4 Å². The van der Waals surface area contributed by atoms with Gasteiger partial charge in [0.15, 0.2) is 6.10 Å². The second kappa shape index (κ2) is 9.61. The normalized spacial score (nSPS) is 11.8. The zero-order chi connectivity index (χ0) is 19.9. The van der Waals surface area contributed by atoms with Crippen LogP contribution in [0.1, 0.15) is 25.3 Å². The second-order valence-corrected chi connectivity index (χ2v) is 7.46. The van der Waals surface area contributed by atoms with E-state index in [2.05, 4.69) is 10.2 Å². The highest BCUT2D eigenvalue weighted by Crippen LogP contribution is 2.25. The Morgan fingerprint density at radius 1 is 1.14 bits per heavy atom. The molecule has 0 unspecified atom stereocenters. The number of benzene rings is 2. The number of halogens is 1. The molecule has 1 heterocycles. The van der Waals surface area contributed by atoms with Crippen molar-refractivity contribution in [2.45, 2.75) is 24.3 Å². The number of carbonyl (C=O) groups is 1. The van der Waals surface area contributed by atoms with Crippen LogP contribution in [0.2, 0.25) is 5.02 Å². The molecule has 0 saturated carbocycles. The Morgan fingerprint density at radius 3 is 2.54 bits per heavy atom. The summed E-state index contributed by atoms with van der Waals surface area (Å²) in [6.45, 7) is 1.70. The molecule has 0 aliphatic heterocycles. The Kier molecular flexibility index (Phi) is 6.95. The summed E-state index contributed by atoms with van der Waals surface area (Å²) in [7, 11) is 1.60. The fourth-order valence-electron chi connectivity index (χ4n) is 2.34. The number of rotatable bonds is 8. The van der Waals surface area contributed by atoms with E-state index >= 15 is 0 Å². The van der Waals surface area contributed by atoms with Crippen LogP contribution in [-0.4, -0.2) is 29.0 Å². The van der Waals surface area contributed by atoms with Crippen LogP contribution in [0.25, 0.3) is 11.5 Å². The molecule has 0 fully saturated rings. The summed E-state index contributed by atoms with van der Waals surface area (Å²) in [4.78, 5) is 13.1. The van der Waals surface area contributed by atoms with Gasteiger partial charge in [0.1, 0.15) is 5.75 Å². The van der Waals surface area contributed by atoms with Gasteiger partial charge in [-0.25, -0.2) is 0 Å². The summed E-state index contributed by atoms with van der Waals surface area (Å²) in [5.41, 5.74) is 0.762. The van der Waals surface area contributed by atoms with Crippen molar-refractivity contribution in [1.82, 2.24) is 10.2 Å². The number of hydrogen-bond acceptors (Lipinski definition) is 7. The topological polar surface area (TPSA) is 74.5 Å². The van der Waals surface area contributed by atoms with E-state index in [4.69, 9.17) is 25.5 Å². The Morgan fingerprint density at radius 2 is 1.86 bits per heavy atom. The van der Waals surface area contributed by atoms with Gasteiger partial charge in [0.25, 0.3) is 5.89 Å². The predicted octanol–water partition coefficient (Wildman–Crippen LogP) is 5.19. The van der Waals surface area contributed by atoms with Crippen molar-refractivity contribution < 1.29 is 18.7 Å². The third kappa shape index (κ3) is 5.50. The summed E-state index contributed by atoms with van der Waals surface area (Å²) < 4.78 is 16.1. The Bertz CT molecular complexity index is 913. The average Bonchev–Trinajstić information content (AvgIpc) is 3.20. The van der Waals surface area contributed by atoms with Crippen molar-refractivity contribution in [2.75, 3.05) is 12.9 Å². The molecule has 0 aliphatic carbocycles.